The van der Waals surface area contributed by atoms with Crippen molar-refractivity contribution in [2.75, 3.05) is 0 Å². The van der Waals surface area contributed by atoms with E-state index in [0.717, 1.165) is 12.1 Å². The van der Waals surface area contributed by atoms with Crippen molar-refractivity contribution < 1.29 is 18.7 Å². The van der Waals surface area contributed by atoms with E-state index in [1.807, 2.05) is 0 Å². The summed E-state index contributed by atoms with van der Waals surface area (Å²) in [5.74, 6) is -1.16. The average molecular weight is 326 g/mol. The van der Waals surface area contributed by atoms with E-state index in [-0.39, 0.29) is 22.5 Å². The number of hydrazone groups is 1. The lowest BCUT2D eigenvalue weighted by atomic mass is 10.1. The number of nitrogens with one attached hydrogen (secondary N) is 1. The number of aromatic hydroxyl groups is 1. The molecule has 0 aliphatic carbocycles. The van der Waals surface area contributed by atoms with Gasteiger partial charge in [0, 0.05) is 17.0 Å². The third-order valence-corrected chi connectivity index (χ3v) is 3.27. The lowest BCUT2D eigenvalue weighted by Gasteiger charge is -2.03. The van der Waals surface area contributed by atoms with Crippen molar-refractivity contribution in [2.24, 2.45) is 5.10 Å². The SMILES string of the molecule is O=C(N/N=C/c1c(O)ccc2ccc(=O)oc12)c1ccc(F)cc1. The zero-order valence-corrected chi connectivity index (χ0v) is 12.2. The molecule has 0 aliphatic heterocycles. The maximum Gasteiger partial charge on any atom is 0.336 e. The maximum absolute atomic E-state index is 12.8. The van der Waals surface area contributed by atoms with Crippen LogP contribution in [0.3, 0.4) is 0 Å². The van der Waals surface area contributed by atoms with Crippen LogP contribution in [0.25, 0.3) is 11.0 Å². The molecular weight excluding hydrogens is 315 g/mol. The van der Waals surface area contributed by atoms with Crippen LogP contribution < -0.4 is 11.1 Å². The molecule has 1 heterocycles. The van der Waals surface area contributed by atoms with E-state index in [2.05, 4.69) is 10.5 Å². The van der Waals surface area contributed by atoms with Gasteiger partial charge in [-0.2, -0.15) is 5.10 Å². The van der Waals surface area contributed by atoms with Gasteiger partial charge in [0.05, 0.1) is 11.8 Å². The molecule has 7 heteroatoms. The van der Waals surface area contributed by atoms with Gasteiger partial charge in [0.2, 0.25) is 0 Å². The summed E-state index contributed by atoms with van der Waals surface area (Å²) in [6.07, 6.45) is 1.17. The zero-order chi connectivity index (χ0) is 17.1. The van der Waals surface area contributed by atoms with Crippen LogP contribution in [-0.4, -0.2) is 17.2 Å². The highest BCUT2D eigenvalue weighted by atomic mass is 19.1. The number of rotatable bonds is 3. The Hall–Kier alpha value is -3.48. The van der Waals surface area contributed by atoms with Gasteiger partial charge in [0.1, 0.15) is 11.6 Å². The van der Waals surface area contributed by atoms with Gasteiger partial charge in [-0.05, 0) is 42.5 Å². The van der Waals surface area contributed by atoms with Crippen molar-refractivity contribution in [2.45, 2.75) is 0 Å². The van der Waals surface area contributed by atoms with Gasteiger partial charge >= 0.3 is 5.63 Å². The van der Waals surface area contributed by atoms with Crippen LogP contribution >= 0.6 is 0 Å². The molecule has 0 aliphatic rings. The highest BCUT2D eigenvalue weighted by Gasteiger charge is 2.09. The summed E-state index contributed by atoms with van der Waals surface area (Å²) in [6, 6.07) is 10.8. The van der Waals surface area contributed by atoms with Crippen LogP contribution in [0, 0.1) is 5.82 Å². The Morgan fingerprint density at radius 3 is 2.58 bits per heavy atom. The summed E-state index contributed by atoms with van der Waals surface area (Å²) in [5.41, 5.74) is 2.22. The number of carbonyl (C=O) groups excluding carboxylic acids is 1. The number of fused-ring (bicyclic) bond motifs is 1. The van der Waals surface area contributed by atoms with E-state index >= 15 is 0 Å². The van der Waals surface area contributed by atoms with Gasteiger partial charge in [-0.25, -0.2) is 14.6 Å². The van der Waals surface area contributed by atoms with Gasteiger partial charge in [0.25, 0.3) is 5.91 Å². The molecule has 0 fully saturated rings. The maximum atomic E-state index is 12.8. The van der Waals surface area contributed by atoms with Gasteiger partial charge in [-0.1, -0.05) is 0 Å². The normalized spacial score (nSPS) is 11.0. The highest BCUT2D eigenvalue weighted by molar-refractivity contribution is 6.00. The summed E-state index contributed by atoms with van der Waals surface area (Å²) >= 11 is 0. The van der Waals surface area contributed by atoms with Gasteiger partial charge < -0.3 is 9.52 Å². The molecule has 0 spiro atoms. The Bertz CT molecular complexity index is 994. The van der Waals surface area contributed by atoms with Crippen LogP contribution in [0.2, 0.25) is 0 Å². The Labute approximate surface area is 134 Å². The first-order chi connectivity index (χ1) is 11.5. The fourth-order valence-corrected chi connectivity index (χ4v) is 2.09. The first kappa shape index (κ1) is 15.4. The van der Waals surface area contributed by atoms with E-state index in [0.29, 0.717) is 5.39 Å². The van der Waals surface area contributed by atoms with E-state index < -0.39 is 17.3 Å². The fourth-order valence-electron chi connectivity index (χ4n) is 2.09. The standard InChI is InChI=1S/C17H11FN2O4/c18-12-5-1-11(2-6-12)17(23)20-19-9-13-14(21)7-3-10-4-8-15(22)24-16(10)13/h1-9,21H,(H,20,23)/b19-9+. The zero-order valence-electron chi connectivity index (χ0n) is 12.2. The smallest absolute Gasteiger partial charge is 0.336 e. The van der Waals surface area contributed by atoms with Crippen LogP contribution in [0.15, 0.2) is 62.8 Å². The Morgan fingerprint density at radius 1 is 1.12 bits per heavy atom. The monoisotopic (exact) mass is 326 g/mol. The second-order valence-electron chi connectivity index (χ2n) is 4.88. The molecule has 1 aromatic heterocycles. The van der Waals surface area contributed by atoms with Crippen molar-refractivity contribution in [1.82, 2.24) is 5.43 Å². The Balaban J connectivity index is 1.86. The van der Waals surface area contributed by atoms with Crippen LogP contribution in [0.5, 0.6) is 5.75 Å². The second kappa shape index (κ2) is 6.33. The molecule has 0 radical (unpaired) electrons. The highest BCUT2D eigenvalue weighted by Crippen LogP contribution is 2.24. The molecule has 120 valence electrons. The van der Waals surface area contributed by atoms with Crippen molar-refractivity contribution in [3.05, 3.63) is 75.9 Å². The molecule has 3 rings (SSSR count). The number of amides is 1. The lowest BCUT2D eigenvalue weighted by Crippen LogP contribution is -2.17. The third-order valence-electron chi connectivity index (χ3n) is 3.27. The number of nitrogens with zero attached hydrogens (tertiary/aromatic N) is 1. The molecule has 3 aromatic rings. The molecule has 1 amide bonds. The predicted molar refractivity (Wildman–Crippen MR) is 85.6 cm³/mol. The molecule has 2 aromatic carbocycles. The molecule has 6 nitrogen and oxygen atoms in total. The largest absolute Gasteiger partial charge is 0.507 e. The summed E-state index contributed by atoms with van der Waals surface area (Å²) in [4.78, 5) is 23.2. The van der Waals surface area contributed by atoms with E-state index in [1.54, 1.807) is 12.1 Å². The number of phenolic OH excluding ortho intramolecular Hbond substituents is 1. The summed E-state index contributed by atoms with van der Waals surface area (Å²) in [7, 11) is 0. The number of hydrogen-bond donors (Lipinski definition) is 2. The first-order valence-corrected chi connectivity index (χ1v) is 6.89. The summed E-state index contributed by atoms with van der Waals surface area (Å²) in [6.45, 7) is 0. The lowest BCUT2D eigenvalue weighted by molar-refractivity contribution is 0.0955. The molecule has 0 saturated carbocycles. The van der Waals surface area contributed by atoms with Gasteiger partial charge in [-0.3, -0.25) is 4.79 Å². The van der Waals surface area contributed by atoms with Crippen molar-refractivity contribution in [3.8, 4) is 5.75 Å². The Morgan fingerprint density at radius 2 is 1.83 bits per heavy atom. The van der Waals surface area contributed by atoms with E-state index in [9.17, 15) is 19.1 Å². The summed E-state index contributed by atoms with van der Waals surface area (Å²) in [5, 5.41) is 14.2. The van der Waals surface area contributed by atoms with Gasteiger partial charge in [0.15, 0.2) is 5.58 Å². The molecule has 0 atom stereocenters. The second-order valence-corrected chi connectivity index (χ2v) is 4.88. The van der Waals surface area contributed by atoms with Crippen molar-refractivity contribution in [1.29, 1.82) is 0 Å². The van der Waals surface area contributed by atoms with E-state index in [1.165, 1.54) is 30.5 Å². The number of halogens is 1. The predicted octanol–water partition coefficient (Wildman–Crippen LogP) is 2.40. The summed E-state index contributed by atoms with van der Waals surface area (Å²) < 4.78 is 17.9. The molecule has 0 bridgehead atoms. The molecule has 0 unspecified atom stereocenters. The van der Waals surface area contributed by atoms with Crippen molar-refractivity contribution in [3.63, 3.8) is 0 Å². The molecule has 2 N–H and O–H groups in total. The fraction of sp³-hybridized carbons (Fsp3) is 0. The first-order valence-electron chi connectivity index (χ1n) is 6.89. The minimum absolute atomic E-state index is 0.155. The quantitative estimate of drug-likeness (QED) is 0.439. The molecule has 0 saturated heterocycles. The van der Waals surface area contributed by atoms with Crippen LogP contribution in [-0.2, 0) is 0 Å². The minimum Gasteiger partial charge on any atom is -0.507 e. The topological polar surface area (TPSA) is 91.9 Å². The average Bonchev–Trinajstić information content (AvgIpc) is 2.57. The minimum atomic E-state index is -0.571. The number of carbonyl (C=O) groups is 1. The van der Waals surface area contributed by atoms with Crippen molar-refractivity contribution >= 4 is 23.1 Å². The van der Waals surface area contributed by atoms with Gasteiger partial charge in [-0.15, -0.1) is 0 Å². The third kappa shape index (κ3) is 3.14. The Kier molecular flexibility index (Phi) is 4.07. The van der Waals surface area contributed by atoms with Crippen LogP contribution in [0.4, 0.5) is 4.39 Å². The number of benzene rings is 2. The van der Waals surface area contributed by atoms with E-state index in [4.69, 9.17) is 4.42 Å². The molecular formula is C17H11FN2O4. The number of phenols is 1. The van der Waals surface area contributed by atoms with Crippen LogP contribution in [0.1, 0.15) is 15.9 Å². The molecule has 24 heavy (non-hydrogen) atoms. The number of hydrogen-bond acceptors (Lipinski definition) is 5.